The average molecular weight is 473 g/mol. The summed E-state index contributed by atoms with van der Waals surface area (Å²) in [6, 6.07) is 15.7. The number of hydrogen-bond donors (Lipinski definition) is 1. The van der Waals surface area contributed by atoms with Crippen molar-refractivity contribution < 1.29 is 9.15 Å². The number of thioether (sulfide) groups is 1. The molecule has 7 nitrogen and oxygen atoms in total. The summed E-state index contributed by atoms with van der Waals surface area (Å²) in [6.45, 7) is 3.48. The lowest BCUT2D eigenvalue weighted by atomic mass is 10.1. The molecule has 6 rings (SSSR count). The van der Waals surface area contributed by atoms with Crippen molar-refractivity contribution >= 4 is 33.6 Å². The number of aryl methyl sites for hydroxylation is 1. The summed E-state index contributed by atoms with van der Waals surface area (Å²) in [4.78, 5) is 15.5. The summed E-state index contributed by atoms with van der Waals surface area (Å²) < 4.78 is 13.5. The zero-order chi connectivity index (χ0) is 23.1. The lowest BCUT2D eigenvalue weighted by molar-refractivity contribution is 0.0953. The minimum Gasteiger partial charge on any atom is -0.423 e. The zero-order valence-corrected chi connectivity index (χ0v) is 19.6. The maximum Gasteiger partial charge on any atom is 0.336 e. The molecule has 0 amide bonds. The van der Waals surface area contributed by atoms with E-state index in [-0.39, 0.29) is 11.7 Å². The molecule has 1 atom stereocenters. The number of ether oxygens (including phenoxy) is 1. The van der Waals surface area contributed by atoms with Gasteiger partial charge in [-0.1, -0.05) is 42.1 Å². The lowest BCUT2D eigenvalue weighted by Gasteiger charge is -2.14. The van der Waals surface area contributed by atoms with Crippen molar-refractivity contribution in [2.45, 2.75) is 43.3 Å². The van der Waals surface area contributed by atoms with E-state index in [1.165, 1.54) is 0 Å². The molecule has 1 fully saturated rings. The zero-order valence-electron chi connectivity index (χ0n) is 18.8. The molecule has 0 bridgehead atoms. The van der Waals surface area contributed by atoms with Gasteiger partial charge in [-0.15, -0.1) is 10.2 Å². The van der Waals surface area contributed by atoms with E-state index in [1.807, 2.05) is 43.5 Å². The van der Waals surface area contributed by atoms with E-state index in [0.717, 1.165) is 63.4 Å². The Balaban J connectivity index is 1.37. The minimum absolute atomic E-state index is 0.145. The maximum atomic E-state index is 12.2. The summed E-state index contributed by atoms with van der Waals surface area (Å²) in [5.74, 6) is 1.41. The fraction of sp³-hybridized carbons (Fsp3) is 0.269. The van der Waals surface area contributed by atoms with Crippen molar-refractivity contribution in [3.8, 4) is 11.4 Å². The van der Waals surface area contributed by atoms with Crippen LogP contribution in [-0.4, -0.2) is 32.5 Å². The van der Waals surface area contributed by atoms with Gasteiger partial charge in [0.05, 0.1) is 12.6 Å². The molecule has 0 radical (unpaired) electrons. The SMILES string of the molecule is Cc1ccc2c(CSc3nnc(-c4c[nH]c5ccccc45)n3CC3CCCO3)cc(=O)oc2c1. The van der Waals surface area contributed by atoms with E-state index in [1.54, 1.807) is 17.8 Å². The Labute approximate surface area is 200 Å². The highest BCUT2D eigenvalue weighted by Gasteiger charge is 2.23. The van der Waals surface area contributed by atoms with Crippen molar-refractivity contribution in [3.63, 3.8) is 0 Å². The first-order valence-electron chi connectivity index (χ1n) is 11.4. The van der Waals surface area contributed by atoms with Crippen LogP contribution >= 0.6 is 11.8 Å². The van der Waals surface area contributed by atoms with Gasteiger partial charge in [-0.25, -0.2) is 4.79 Å². The highest BCUT2D eigenvalue weighted by Crippen LogP contribution is 2.33. The molecule has 0 saturated carbocycles. The molecule has 4 heterocycles. The molecule has 34 heavy (non-hydrogen) atoms. The smallest absolute Gasteiger partial charge is 0.336 e. The van der Waals surface area contributed by atoms with Gasteiger partial charge in [0.15, 0.2) is 11.0 Å². The molecule has 0 spiro atoms. The molecule has 8 heteroatoms. The molecular weight excluding hydrogens is 448 g/mol. The van der Waals surface area contributed by atoms with Crippen molar-refractivity contribution in [2.75, 3.05) is 6.61 Å². The Morgan fingerprint density at radius 1 is 1.15 bits per heavy atom. The second kappa shape index (κ2) is 8.77. The van der Waals surface area contributed by atoms with Crippen molar-refractivity contribution in [1.29, 1.82) is 0 Å². The Morgan fingerprint density at radius 2 is 2.06 bits per heavy atom. The summed E-state index contributed by atoms with van der Waals surface area (Å²) in [7, 11) is 0. The number of H-pyrrole nitrogens is 1. The predicted molar refractivity (Wildman–Crippen MR) is 133 cm³/mol. The largest absolute Gasteiger partial charge is 0.423 e. The fourth-order valence-corrected chi connectivity index (χ4v) is 5.55. The van der Waals surface area contributed by atoms with Crippen LogP contribution in [0.4, 0.5) is 0 Å². The summed E-state index contributed by atoms with van der Waals surface area (Å²) in [5.41, 5.74) is 4.35. The lowest BCUT2D eigenvalue weighted by Crippen LogP contribution is -2.16. The summed E-state index contributed by atoms with van der Waals surface area (Å²) in [5, 5.41) is 12.0. The molecular formula is C26H24N4O3S. The van der Waals surface area contributed by atoms with Crippen LogP contribution in [0.5, 0.6) is 0 Å². The first-order valence-corrected chi connectivity index (χ1v) is 12.4. The van der Waals surface area contributed by atoms with Gasteiger partial charge in [-0.2, -0.15) is 0 Å². The number of fused-ring (bicyclic) bond motifs is 2. The van der Waals surface area contributed by atoms with Gasteiger partial charge in [0.1, 0.15) is 5.58 Å². The van der Waals surface area contributed by atoms with Crippen molar-refractivity contribution in [3.05, 3.63) is 76.3 Å². The van der Waals surface area contributed by atoms with E-state index in [2.05, 4.69) is 31.9 Å². The van der Waals surface area contributed by atoms with Gasteiger partial charge >= 0.3 is 5.63 Å². The Kier molecular flexibility index (Phi) is 5.47. The molecule has 2 aromatic carbocycles. The molecule has 3 aromatic heterocycles. The van der Waals surface area contributed by atoms with E-state index < -0.39 is 0 Å². The third-order valence-electron chi connectivity index (χ3n) is 6.30. The molecule has 172 valence electrons. The molecule has 1 N–H and O–H groups in total. The van der Waals surface area contributed by atoms with Crippen LogP contribution in [0.3, 0.4) is 0 Å². The molecule has 1 saturated heterocycles. The quantitative estimate of drug-likeness (QED) is 0.266. The van der Waals surface area contributed by atoms with Crippen LogP contribution < -0.4 is 5.63 Å². The van der Waals surface area contributed by atoms with Gasteiger partial charge in [-0.05, 0) is 43.0 Å². The topological polar surface area (TPSA) is 85.9 Å². The highest BCUT2D eigenvalue weighted by molar-refractivity contribution is 7.98. The first-order chi connectivity index (χ1) is 16.7. The monoisotopic (exact) mass is 472 g/mol. The highest BCUT2D eigenvalue weighted by atomic mass is 32.2. The third-order valence-corrected chi connectivity index (χ3v) is 7.32. The number of para-hydroxylation sites is 1. The second-order valence-corrected chi connectivity index (χ2v) is 9.62. The van der Waals surface area contributed by atoms with E-state index >= 15 is 0 Å². The number of nitrogens with zero attached hydrogens (tertiary/aromatic N) is 3. The minimum atomic E-state index is -0.339. The molecule has 5 aromatic rings. The average Bonchev–Trinajstić information content (AvgIpc) is 3.57. The van der Waals surface area contributed by atoms with Crippen molar-refractivity contribution in [1.82, 2.24) is 19.7 Å². The number of aromatic amines is 1. The summed E-state index contributed by atoms with van der Waals surface area (Å²) >= 11 is 1.58. The number of rotatable bonds is 6. The normalized spacial score (nSPS) is 16.1. The molecule has 1 aliphatic heterocycles. The van der Waals surface area contributed by atoms with Crippen LogP contribution in [-0.2, 0) is 17.0 Å². The number of aromatic nitrogens is 4. The Morgan fingerprint density at radius 3 is 2.94 bits per heavy atom. The van der Waals surface area contributed by atoms with Crippen molar-refractivity contribution in [2.24, 2.45) is 0 Å². The fourth-order valence-electron chi connectivity index (χ4n) is 4.61. The Hall–Kier alpha value is -3.36. The van der Waals surface area contributed by atoms with Gasteiger partial charge in [0, 0.05) is 46.5 Å². The van der Waals surface area contributed by atoms with Crippen LogP contribution in [0.15, 0.2) is 69.1 Å². The van der Waals surface area contributed by atoms with E-state index in [9.17, 15) is 4.79 Å². The van der Waals surface area contributed by atoms with Gasteiger partial charge in [0.25, 0.3) is 0 Å². The van der Waals surface area contributed by atoms with E-state index in [4.69, 9.17) is 9.15 Å². The number of nitrogens with one attached hydrogen (secondary N) is 1. The van der Waals surface area contributed by atoms with Crippen LogP contribution in [0.1, 0.15) is 24.0 Å². The maximum absolute atomic E-state index is 12.2. The van der Waals surface area contributed by atoms with Crippen LogP contribution in [0, 0.1) is 6.92 Å². The standard InChI is InChI=1S/C26H24N4O3S/c1-16-8-9-19-17(12-24(31)33-23(19)11-16)15-34-26-29-28-25(30(26)14-18-5-4-10-32-18)21-13-27-22-7-3-2-6-20(21)22/h2-3,6-9,11-13,18,27H,4-5,10,14-15H2,1H3. The number of benzene rings is 2. The molecule has 1 unspecified atom stereocenters. The molecule has 0 aliphatic carbocycles. The first kappa shape index (κ1) is 21.2. The summed E-state index contributed by atoms with van der Waals surface area (Å²) in [6.07, 6.45) is 4.24. The van der Waals surface area contributed by atoms with Gasteiger partial charge < -0.3 is 14.1 Å². The Bertz CT molecular complexity index is 1550. The van der Waals surface area contributed by atoms with Gasteiger partial charge in [-0.3, -0.25) is 4.57 Å². The second-order valence-electron chi connectivity index (χ2n) is 8.68. The number of hydrogen-bond acceptors (Lipinski definition) is 6. The van der Waals surface area contributed by atoms with Gasteiger partial charge in [0.2, 0.25) is 0 Å². The molecule has 1 aliphatic rings. The van der Waals surface area contributed by atoms with Crippen LogP contribution in [0.2, 0.25) is 0 Å². The third kappa shape index (κ3) is 3.93. The predicted octanol–water partition coefficient (Wildman–Crippen LogP) is 5.31. The van der Waals surface area contributed by atoms with E-state index in [0.29, 0.717) is 17.9 Å². The van der Waals surface area contributed by atoms with Crippen LogP contribution in [0.25, 0.3) is 33.3 Å².